The molecule has 4 atom stereocenters. The van der Waals surface area contributed by atoms with Crippen molar-refractivity contribution in [3.05, 3.63) is 36.0 Å². The van der Waals surface area contributed by atoms with Gasteiger partial charge in [-0.3, -0.25) is 24.0 Å². The maximum absolute atomic E-state index is 12.9. The molecule has 1 heterocycles. The van der Waals surface area contributed by atoms with Gasteiger partial charge in [0.25, 0.3) is 0 Å². The first kappa shape index (κ1) is 30.1. The highest BCUT2D eigenvalue weighted by Crippen LogP contribution is 2.19. The van der Waals surface area contributed by atoms with E-state index in [-0.39, 0.29) is 25.0 Å². The molecule has 206 valence electrons. The fourth-order valence-corrected chi connectivity index (χ4v) is 3.83. The van der Waals surface area contributed by atoms with Gasteiger partial charge in [-0.1, -0.05) is 18.2 Å². The molecule has 14 nitrogen and oxygen atoms in total. The lowest BCUT2D eigenvalue weighted by molar-refractivity contribution is -0.142. The van der Waals surface area contributed by atoms with Crippen molar-refractivity contribution in [2.45, 2.75) is 49.9 Å². The van der Waals surface area contributed by atoms with Crippen LogP contribution in [0.2, 0.25) is 0 Å². The molecule has 0 saturated heterocycles. The van der Waals surface area contributed by atoms with Gasteiger partial charge >= 0.3 is 11.9 Å². The van der Waals surface area contributed by atoms with Crippen molar-refractivity contribution in [3.63, 3.8) is 0 Å². The molecule has 0 bridgehead atoms. The predicted octanol–water partition coefficient (Wildman–Crippen LogP) is -1.75. The molecule has 4 unspecified atom stereocenters. The van der Waals surface area contributed by atoms with E-state index in [0.717, 1.165) is 10.9 Å². The highest BCUT2D eigenvalue weighted by atomic mass is 32.1. The van der Waals surface area contributed by atoms with E-state index < -0.39 is 66.2 Å². The van der Waals surface area contributed by atoms with E-state index in [1.165, 1.54) is 0 Å². The van der Waals surface area contributed by atoms with Crippen LogP contribution < -0.4 is 27.4 Å². The van der Waals surface area contributed by atoms with E-state index in [4.69, 9.17) is 16.6 Å². The summed E-state index contributed by atoms with van der Waals surface area (Å²) in [5.74, 6) is -6.34. The zero-order chi connectivity index (χ0) is 28.4. The van der Waals surface area contributed by atoms with E-state index in [9.17, 15) is 33.9 Å². The van der Waals surface area contributed by atoms with Crippen LogP contribution in [0.5, 0.6) is 0 Å². The molecule has 2 rings (SSSR count). The summed E-state index contributed by atoms with van der Waals surface area (Å²) in [4.78, 5) is 74.9. The SMILES string of the molecule is NC(=O)CCC(NC(=O)C(N)CC(=O)O)C(=O)NC(CS)C(=O)NC(Cc1c[nH]c2ccccc12)C(=O)O. The van der Waals surface area contributed by atoms with E-state index >= 15 is 0 Å². The molecular formula is C23H30N6O8S. The number of carbonyl (C=O) groups is 6. The lowest BCUT2D eigenvalue weighted by Gasteiger charge is -2.24. The summed E-state index contributed by atoms with van der Waals surface area (Å²) < 4.78 is 0. The minimum absolute atomic E-state index is 0.0446. The number of fused-ring (bicyclic) bond motifs is 1. The van der Waals surface area contributed by atoms with Crippen LogP contribution in [0.3, 0.4) is 0 Å². The number of primary amides is 1. The number of nitrogens with two attached hydrogens (primary N) is 2. The number of H-pyrrole nitrogens is 1. The highest BCUT2D eigenvalue weighted by molar-refractivity contribution is 7.80. The van der Waals surface area contributed by atoms with Gasteiger partial charge in [-0.05, 0) is 18.1 Å². The lowest BCUT2D eigenvalue weighted by Crippen LogP contribution is -2.58. The molecule has 1 aromatic heterocycles. The molecule has 4 amide bonds. The fourth-order valence-electron chi connectivity index (χ4n) is 3.57. The van der Waals surface area contributed by atoms with Gasteiger partial charge in [0.15, 0.2) is 0 Å². The highest BCUT2D eigenvalue weighted by Gasteiger charge is 2.30. The van der Waals surface area contributed by atoms with Gasteiger partial charge in [-0.2, -0.15) is 12.6 Å². The molecule has 0 aliphatic rings. The Morgan fingerprint density at radius 3 is 2.13 bits per heavy atom. The van der Waals surface area contributed by atoms with Gasteiger partial charge in [0, 0.05) is 35.7 Å². The summed E-state index contributed by atoms with van der Waals surface area (Å²) in [6, 6.07) is 1.74. The second kappa shape index (κ2) is 14.0. The second-order valence-electron chi connectivity index (χ2n) is 8.48. The smallest absolute Gasteiger partial charge is 0.326 e. The van der Waals surface area contributed by atoms with Crippen molar-refractivity contribution in [1.82, 2.24) is 20.9 Å². The van der Waals surface area contributed by atoms with E-state index in [0.29, 0.717) is 5.56 Å². The Morgan fingerprint density at radius 2 is 1.53 bits per heavy atom. The normalized spacial score (nSPS) is 14.1. The van der Waals surface area contributed by atoms with Crippen LogP contribution in [0.25, 0.3) is 10.9 Å². The van der Waals surface area contributed by atoms with Gasteiger partial charge in [0.1, 0.15) is 18.1 Å². The zero-order valence-corrected chi connectivity index (χ0v) is 21.1. The Kier molecular flexibility index (Phi) is 11.1. The van der Waals surface area contributed by atoms with Crippen LogP contribution in [0.4, 0.5) is 0 Å². The number of aliphatic carboxylic acids is 2. The van der Waals surface area contributed by atoms with Gasteiger partial charge < -0.3 is 42.6 Å². The van der Waals surface area contributed by atoms with Crippen molar-refractivity contribution < 1.29 is 39.0 Å². The van der Waals surface area contributed by atoms with E-state index in [1.807, 2.05) is 18.2 Å². The van der Waals surface area contributed by atoms with Gasteiger partial charge in [-0.25, -0.2) is 4.79 Å². The number of amides is 4. The Hall–Kier alpha value is -4.11. The molecule has 0 aliphatic heterocycles. The predicted molar refractivity (Wildman–Crippen MR) is 138 cm³/mol. The third-order valence-electron chi connectivity index (χ3n) is 5.57. The van der Waals surface area contributed by atoms with Crippen LogP contribution in [0.15, 0.2) is 30.5 Å². The molecule has 0 spiro atoms. The average Bonchev–Trinajstić information content (AvgIpc) is 3.26. The third kappa shape index (κ3) is 8.77. The standard InChI is InChI=1S/C23H30N6O8S/c24-13(8-19(31)32)20(33)27-15(5-6-18(25)30)21(34)29-17(10-38)22(35)28-16(23(36)37)7-11-9-26-14-4-2-1-3-12(11)14/h1-4,9,13,15-17,26,38H,5-8,10,24H2,(H2,25,30)(H,27,33)(H,28,35)(H,29,34)(H,31,32)(H,36,37). The van der Waals surface area contributed by atoms with Crippen molar-refractivity contribution in [3.8, 4) is 0 Å². The number of carboxylic acids is 2. The third-order valence-corrected chi connectivity index (χ3v) is 5.94. The Morgan fingerprint density at radius 1 is 0.921 bits per heavy atom. The molecule has 10 N–H and O–H groups in total. The minimum Gasteiger partial charge on any atom is -0.481 e. The van der Waals surface area contributed by atoms with Crippen LogP contribution in [-0.4, -0.2) is 80.7 Å². The molecule has 1 aromatic carbocycles. The summed E-state index contributed by atoms with van der Waals surface area (Å²) in [6.07, 6.45) is 0.329. The van der Waals surface area contributed by atoms with Crippen molar-refractivity contribution in [2.24, 2.45) is 11.5 Å². The van der Waals surface area contributed by atoms with E-state index in [2.05, 4.69) is 33.6 Å². The number of hydrogen-bond donors (Lipinski definition) is 9. The summed E-state index contributed by atoms with van der Waals surface area (Å²) in [5.41, 5.74) is 12.1. The van der Waals surface area contributed by atoms with Crippen LogP contribution >= 0.6 is 12.6 Å². The average molecular weight is 551 g/mol. The maximum Gasteiger partial charge on any atom is 0.326 e. The number of aromatic amines is 1. The van der Waals surface area contributed by atoms with Crippen molar-refractivity contribution in [1.29, 1.82) is 0 Å². The number of carbonyl (C=O) groups excluding carboxylic acids is 4. The number of rotatable bonds is 15. The van der Waals surface area contributed by atoms with Crippen LogP contribution in [0.1, 0.15) is 24.8 Å². The van der Waals surface area contributed by atoms with Crippen molar-refractivity contribution >= 4 is 59.1 Å². The molecule has 0 aliphatic carbocycles. The monoisotopic (exact) mass is 550 g/mol. The summed E-state index contributed by atoms with van der Waals surface area (Å²) in [7, 11) is 0. The summed E-state index contributed by atoms with van der Waals surface area (Å²) >= 11 is 4.06. The molecule has 38 heavy (non-hydrogen) atoms. The quantitative estimate of drug-likeness (QED) is 0.114. The number of nitrogens with one attached hydrogen (secondary N) is 4. The molecule has 0 fully saturated rings. The van der Waals surface area contributed by atoms with Gasteiger partial charge in [0.05, 0.1) is 12.5 Å². The Labute approximate surface area is 222 Å². The summed E-state index contributed by atoms with van der Waals surface area (Å²) in [5, 5.41) is 26.3. The molecule has 15 heteroatoms. The first-order chi connectivity index (χ1) is 17.9. The first-order valence-electron chi connectivity index (χ1n) is 11.5. The van der Waals surface area contributed by atoms with E-state index in [1.54, 1.807) is 12.3 Å². The maximum atomic E-state index is 12.9. The molecule has 2 aromatic rings. The summed E-state index contributed by atoms with van der Waals surface area (Å²) in [6.45, 7) is 0. The van der Waals surface area contributed by atoms with Crippen LogP contribution in [0, 0.1) is 0 Å². The van der Waals surface area contributed by atoms with Crippen LogP contribution in [-0.2, 0) is 35.2 Å². The Bertz CT molecular complexity index is 1200. The number of hydrogen-bond acceptors (Lipinski definition) is 8. The van der Waals surface area contributed by atoms with Gasteiger partial charge in [-0.15, -0.1) is 0 Å². The molecule has 0 radical (unpaired) electrons. The number of para-hydroxylation sites is 1. The van der Waals surface area contributed by atoms with Gasteiger partial charge in [0.2, 0.25) is 23.6 Å². The fraction of sp³-hybridized carbons (Fsp3) is 0.391. The second-order valence-corrected chi connectivity index (χ2v) is 8.84. The number of aromatic nitrogens is 1. The first-order valence-corrected chi connectivity index (χ1v) is 12.1. The Balaban J connectivity index is 2.10. The van der Waals surface area contributed by atoms with Crippen molar-refractivity contribution in [2.75, 3.05) is 5.75 Å². The number of thiol groups is 1. The lowest BCUT2D eigenvalue weighted by atomic mass is 10.0. The topological polar surface area (TPSA) is 247 Å². The minimum atomic E-state index is -1.47. The zero-order valence-electron chi connectivity index (χ0n) is 20.2. The molecular weight excluding hydrogens is 520 g/mol. The number of benzene rings is 1. The number of carboxylic acid groups (broad SMARTS) is 2. The molecule has 0 saturated carbocycles. The largest absolute Gasteiger partial charge is 0.481 e.